The van der Waals surface area contributed by atoms with Crippen LogP contribution in [0.1, 0.15) is 6.42 Å². The molecule has 0 bridgehead atoms. The van der Waals surface area contributed by atoms with Gasteiger partial charge in [-0.3, -0.25) is 0 Å². The molecule has 0 unspecified atom stereocenters. The summed E-state index contributed by atoms with van der Waals surface area (Å²) in [5.74, 6) is 1.28. The number of hydrogen-bond donors (Lipinski definition) is 2. The molecular weight excluding hydrogens is 226 g/mol. The molecule has 0 saturated carbocycles. The Balaban J connectivity index is 2.24. The van der Waals surface area contributed by atoms with Crippen LogP contribution in [0.2, 0.25) is 0 Å². The van der Waals surface area contributed by atoms with E-state index in [0.29, 0.717) is 11.8 Å². The lowest BCUT2D eigenvalue weighted by Gasteiger charge is -2.06. The average Bonchev–Trinajstić information content (AvgIpc) is 2.39. The highest BCUT2D eigenvalue weighted by molar-refractivity contribution is 5.57. The fourth-order valence-electron chi connectivity index (χ4n) is 1.47. The summed E-state index contributed by atoms with van der Waals surface area (Å²) in [6.07, 6.45) is 2.67. The van der Waals surface area contributed by atoms with Gasteiger partial charge >= 0.3 is 0 Å². The van der Waals surface area contributed by atoms with Gasteiger partial charge in [0.25, 0.3) is 0 Å². The molecule has 1 heterocycles. The fraction of sp³-hybridized carbons (Fsp3) is 0.154. The molecular formula is C13H15N5. The standard InChI is InChI=1S/C13H15N5/c1-2-3-9-15-13-17-11(16-12(14)18-13)10-7-5-4-6-8-10/h2,4-8H,1,3,9H2,(H3,14,15,16,17,18). The summed E-state index contributed by atoms with van der Waals surface area (Å²) in [5.41, 5.74) is 6.59. The van der Waals surface area contributed by atoms with Crippen molar-refractivity contribution in [1.82, 2.24) is 15.0 Å². The summed E-state index contributed by atoms with van der Waals surface area (Å²) in [4.78, 5) is 12.5. The van der Waals surface area contributed by atoms with Crippen LogP contribution in [0, 0.1) is 0 Å². The zero-order valence-electron chi connectivity index (χ0n) is 10.0. The van der Waals surface area contributed by atoms with Crippen LogP contribution < -0.4 is 11.1 Å². The number of nitrogens with two attached hydrogens (primary N) is 1. The van der Waals surface area contributed by atoms with Crippen molar-refractivity contribution in [3.8, 4) is 11.4 Å². The second-order valence-electron chi connectivity index (χ2n) is 3.71. The summed E-state index contributed by atoms with van der Waals surface area (Å²) in [7, 11) is 0. The second-order valence-corrected chi connectivity index (χ2v) is 3.71. The van der Waals surface area contributed by atoms with E-state index in [9.17, 15) is 0 Å². The molecule has 0 aliphatic carbocycles. The molecule has 0 fully saturated rings. The summed E-state index contributed by atoms with van der Waals surface area (Å²) in [6, 6.07) is 9.67. The SMILES string of the molecule is C=CCCNc1nc(N)nc(-c2ccccc2)n1. The van der Waals surface area contributed by atoms with Gasteiger partial charge in [-0.15, -0.1) is 6.58 Å². The Hall–Kier alpha value is -2.43. The first kappa shape index (κ1) is 12.0. The minimum Gasteiger partial charge on any atom is -0.368 e. The number of nitrogens with one attached hydrogen (secondary N) is 1. The highest BCUT2D eigenvalue weighted by Gasteiger charge is 2.05. The predicted molar refractivity (Wildman–Crippen MR) is 73.0 cm³/mol. The number of anilines is 2. The molecule has 0 radical (unpaired) electrons. The maximum Gasteiger partial charge on any atom is 0.228 e. The topological polar surface area (TPSA) is 76.7 Å². The summed E-state index contributed by atoms with van der Waals surface area (Å²) < 4.78 is 0. The van der Waals surface area contributed by atoms with Crippen LogP contribution >= 0.6 is 0 Å². The summed E-state index contributed by atoms with van der Waals surface area (Å²) >= 11 is 0. The van der Waals surface area contributed by atoms with Crippen LogP contribution in [0.5, 0.6) is 0 Å². The van der Waals surface area contributed by atoms with Gasteiger partial charge in [-0.1, -0.05) is 36.4 Å². The monoisotopic (exact) mass is 241 g/mol. The van der Waals surface area contributed by atoms with Crippen LogP contribution in [0.3, 0.4) is 0 Å². The lowest BCUT2D eigenvalue weighted by molar-refractivity contribution is 0.995. The number of benzene rings is 1. The third-order valence-electron chi connectivity index (χ3n) is 2.32. The van der Waals surface area contributed by atoms with Gasteiger partial charge in [0.05, 0.1) is 0 Å². The van der Waals surface area contributed by atoms with Crippen LogP contribution in [0.4, 0.5) is 11.9 Å². The lowest BCUT2D eigenvalue weighted by Crippen LogP contribution is -2.08. The normalized spacial score (nSPS) is 10.0. The van der Waals surface area contributed by atoms with E-state index < -0.39 is 0 Å². The summed E-state index contributed by atoms with van der Waals surface area (Å²) in [6.45, 7) is 4.38. The van der Waals surface area contributed by atoms with E-state index in [1.807, 2.05) is 36.4 Å². The maximum atomic E-state index is 5.68. The van der Waals surface area contributed by atoms with Gasteiger partial charge in [0.2, 0.25) is 11.9 Å². The van der Waals surface area contributed by atoms with Crippen molar-refractivity contribution in [1.29, 1.82) is 0 Å². The smallest absolute Gasteiger partial charge is 0.228 e. The Labute approximate surface area is 106 Å². The number of nitrogen functional groups attached to an aromatic ring is 1. The highest BCUT2D eigenvalue weighted by Crippen LogP contribution is 2.16. The van der Waals surface area contributed by atoms with Crippen molar-refractivity contribution in [3.63, 3.8) is 0 Å². The molecule has 18 heavy (non-hydrogen) atoms. The first-order valence-electron chi connectivity index (χ1n) is 5.71. The first-order valence-corrected chi connectivity index (χ1v) is 5.71. The van der Waals surface area contributed by atoms with Gasteiger partial charge < -0.3 is 11.1 Å². The molecule has 0 spiro atoms. The van der Waals surface area contributed by atoms with E-state index in [1.54, 1.807) is 0 Å². The Morgan fingerprint density at radius 1 is 1.17 bits per heavy atom. The van der Waals surface area contributed by atoms with E-state index in [0.717, 1.165) is 18.5 Å². The number of rotatable bonds is 5. The van der Waals surface area contributed by atoms with Crippen LogP contribution in [0.25, 0.3) is 11.4 Å². The predicted octanol–water partition coefficient (Wildman–Crippen LogP) is 2.11. The van der Waals surface area contributed by atoms with Crippen molar-refractivity contribution in [3.05, 3.63) is 43.0 Å². The van der Waals surface area contributed by atoms with Crippen molar-refractivity contribution in [2.45, 2.75) is 6.42 Å². The minimum atomic E-state index is 0.213. The quantitative estimate of drug-likeness (QED) is 0.619. The number of nitrogens with zero attached hydrogens (tertiary/aromatic N) is 3. The summed E-state index contributed by atoms with van der Waals surface area (Å²) in [5, 5.41) is 3.08. The van der Waals surface area contributed by atoms with Crippen molar-refractivity contribution in [2.24, 2.45) is 0 Å². The molecule has 3 N–H and O–H groups in total. The van der Waals surface area contributed by atoms with E-state index in [4.69, 9.17) is 5.73 Å². The zero-order valence-corrected chi connectivity index (χ0v) is 10.0. The zero-order chi connectivity index (χ0) is 12.8. The number of hydrogen-bond acceptors (Lipinski definition) is 5. The average molecular weight is 241 g/mol. The Bertz CT molecular complexity index is 524. The molecule has 0 aliphatic rings. The molecule has 1 aromatic carbocycles. The molecule has 0 saturated heterocycles. The molecule has 2 rings (SSSR count). The lowest BCUT2D eigenvalue weighted by atomic mass is 10.2. The van der Waals surface area contributed by atoms with Gasteiger partial charge in [-0.25, -0.2) is 0 Å². The molecule has 0 atom stereocenters. The number of aromatic nitrogens is 3. The van der Waals surface area contributed by atoms with E-state index in [1.165, 1.54) is 0 Å². The highest BCUT2D eigenvalue weighted by atomic mass is 15.2. The van der Waals surface area contributed by atoms with E-state index in [-0.39, 0.29) is 5.95 Å². The van der Waals surface area contributed by atoms with Crippen LogP contribution in [0.15, 0.2) is 43.0 Å². The van der Waals surface area contributed by atoms with E-state index in [2.05, 4.69) is 26.8 Å². The largest absolute Gasteiger partial charge is 0.368 e. The van der Waals surface area contributed by atoms with Gasteiger partial charge in [-0.2, -0.15) is 15.0 Å². The maximum absolute atomic E-state index is 5.68. The molecule has 5 heteroatoms. The molecule has 0 aliphatic heterocycles. The van der Waals surface area contributed by atoms with Crippen molar-refractivity contribution < 1.29 is 0 Å². The third-order valence-corrected chi connectivity index (χ3v) is 2.32. The Kier molecular flexibility index (Phi) is 3.86. The van der Waals surface area contributed by atoms with Crippen molar-refractivity contribution >= 4 is 11.9 Å². The third kappa shape index (κ3) is 3.04. The van der Waals surface area contributed by atoms with Gasteiger partial charge in [0, 0.05) is 12.1 Å². The molecule has 0 amide bonds. The van der Waals surface area contributed by atoms with Crippen LogP contribution in [-0.4, -0.2) is 21.5 Å². The molecule has 5 nitrogen and oxygen atoms in total. The second kappa shape index (κ2) is 5.77. The Morgan fingerprint density at radius 3 is 2.67 bits per heavy atom. The van der Waals surface area contributed by atoms with Gasteiger partial charge in [0.15, 0.2) is 5.82 Å². The van der Waals surface area contributed by atoms with Gasteiger partial charge in [0.1, 0.15) is 0 Å². The van der Waals surface area contributed by atoms with E-state index >= 15 is 0 Å². The molecule has 2 aromatic rings. The van der Waals surface area contributed by atoms with Crippen molar-refractivity contribution in [2.75, 3.05) is 17.6 Å². The molecule has 92 valence electrons. The van der Waals surface area contributed by atoms with Crippen LogP contribution in [-0.2, 0) is 0 Å². The minimum absolute atomic E-state index is 0.213. The first-order chi connectivity index (χ1) is 8.79. The van der Waals surface area contributed by atoms with Gasteiger partial charge in [-0.05, 0) is 6.42 Å². The Morgan fingerprint density at radius 2 is 1.94 bits per heavy atom. The fourth-order valence-corrected chi connectivity index (χ4v) is 1.47. The molecule has 1 aromatic heterocycles.